The van der Waals surface area contributed by atoms with Gasteiger partial charge in [0.2, 0.25) is 0 Å². The molecule has 7 nitrogen and oxygen atoms in total. The van der Waals surface area contributed by atoms with Gasteiger partial charge in [-0.25, -0.2) is 4.79 Å². The van der Waals surface area contributed by atoms with Gasteiger partial charge < -0.3 is 19.9 Å². The van der Waals surface area contributed by atoms with Crippen LogP contribution in [0.25, 0.3) is 0 Å². The second-order valence-corrected chi connectivity index (χ2v) is 11.1. The fourth-order valence-electron chi connectivity index (χ4n) is 4.70. The molecule has 1 unspecified atom stereocenters. The SMILES string of the molecule is CCCc1cc(C(O)(C(F)(F)F)C(F)(F)F)ccc1OCCCCN1C(=O)NC(C)(c2ccc(OCC(C)C)cc2)C1=O. The van der Waals surface area contributed by atoms with Crippen LogP contribution in [0.2, 0.25) is 0 Å². The Morgan fingerprint density at radius 3 is 2.14 bits per heavy atom. The fraction of sp³-hybridized carbons (Fsp3) is 0.533. The van der Waals surface area contributed by atoms with Crippen molar-refractivity contribution in [2.75, 3.05) is 19.8 Å². The topological polar surface area (TPSA) is 88.1 Å². The van der Waals surface area contributed by atoms with E-state index in [-0.39, 0.29) is 30.9 Å². The van der Waals surface area contributed by atoms with E-state index in [2.05, 4.69) is 5.32 Å². The first kappa shape index (κ1) is 34.0. The van der Waals surface area contributed by atoms with Crippen molar-refractivity contribution >= 4 is 11.9 Å². The van der Waals surface area contributed by atoms with Crippen molar-refractivity contribution in [2.45, 2.75) is 76.9 Å². The van der Waals surface area contributed by atoms with Crippen LogP contribution in [-0.2, 0) is 22.4 Å². The Labute approximate surface area is 246 Å². The molecule has 1 fully saturated rings. The number of unbranched alkanes of at least 4 members (excludes halogenated alkanes) is 1. The van der Waals surface area contributed by atoms with Crippen molar-refractivity contribution in [1.29, 1.82) is 0 Å². The largest absolute Gasteiger partial charge is 0.493 e. The average molecular weight is 619 g/mol. The molecule has 13 heteroatoms. The van der Waals surface area contributed by atoms with Gasteiger partial charge in [0.05, 0.1) is 13.2 Å². The molecule has 1 heterocycles. The number of carbonyl (C=O) groups excluding carboxylic acids is 2. The van der Waals surface area contributed by atoms with Crippen molar-refractivity contribution in [2.24, 2.45) is 5.92 Å². The Kier molecular flexibility index (Phi) is 10.3. The molecule has 1 saturated heterocycles. The van der Waals surface area contributed by atoms with Gasteiger partial charge in [0, 0.05) is 12.1 Å². The number of carbonyl (C=O) groups is 2. The molecule has 0 saturated carbocycles. The monoisotopic (exact) mass is 618 g/mol. The molecule has 0 radical (unpaired) electrons. The van der Waals surface area contributed by atoms with Crippen LogP contribution < -0.4 is 14.8 Å². The summed E-state index contributed by atoms with van der Waals surface area (Å²) in [6, 6.07) is 8.52. The molecule has 3 rings (SSSR count). The minimum Gasteiger partial charge on any atom is -0.493 e. The summed E-state index contributed by atoms with van der Waals surface area (Å²) in [4.78, 5) is 26.9. The summed E-state index contributed by atoms with van der Waals surface area (Å²) in [6.07, 6.45) is -10.8. The van der Waals surface area contributed by atoms with E-state index < -0.39 is 41.0 Å². The third kappa shape index (κ3) is 7.19. The van der Waals surface area contributed by atoms with Crippen molar-refractivity contribution in [3.63, 3.8) is 0 Å². The van der Waals surface area contributed by atoms with E-state index in [0.717, 1.165) is 11.0 Å². The summed E-state index contributed by atoms with van der Waals surface area (Å²) in [5.74, 6) is 0.634. The molecule has 1 aliphatic rings. The summed E-state index contributed by atoms with van der Waals surface area (Å²) >= 11 is 0. The molecule has 0 spiro atoms. The first-order chi connectivity index (χ1) is 20.0. The van der Waals surface area contributed by atoms with Crippen LogP contribution in [0.4, 0.5) is 31.1 Å². The van der Waals surface area contributed by atoms with Crippen molar-refractivity contribution in [1.82, 2.24) is 10.2 Å². The van der Waals surface area contributed by atoms with Gasteiger partial charge in [-0.05, 0) is 67.5 Å². The predicted molar refractivity (Wildman–Crippen MR) is 146 cm³/mol. The molecule has 1 atom stereocenters. The van der Waals surface area contributed by atoms with Gasteiger partial charge in [-0.3, -0.25) is 9.69 Å². The first-order valence-electron chi connectivity index (χ1n) is 13.9. The molecule has 0 aromatic heterocycles. The number of hydrogen-bond acceptors (Lipinski definition) is 5. The van der Waals surface area contributed by atoms with Crippen molar-refractivity contribution in [3.8, 4) is 11.5 Å². The number of halogens is 6. The van der Waals surface area contributed by atoms with Crippen LogP contribution in [0.5, 0.6) is 11.5 Å². The Morgan fingerprint density at radius 2 is 1.58 bits per heavy atom. The Hall–Kier alpha value is -3.48. The summed E-state index contributed by atoms with van der Waals surface area (Å²) < 4.78 is 91.3. The first-order valence-corrected chi connectivity index (χ1v) is 13.9. The quantitative estimate of drug-likeness (QED) is 0.150. The number of aliphatic hydroxyl groups is 1. The van der Waals surface area contributed by atoms with Crippen LogP contribution in [-0.4, -0.2) is 54.1 Å². The number of ether oxygens (including phenoxy) is 2. The number of imide groups is 1. The maximum atomic E-state index is 13.3. The van der Waals surface area contributed by atoms with E-state index >= 15 is 0 Å². The summed E-state index contributed by atoms with van der Waals surface area (Å²) in [6.45, 7) is 7.98. The molecule has 2 N–H and O–H groups in total. The Balaban J connectivity index is 1.61. The van der Waals surface area contributed by atoms with Crippen molar-refractivity contribution < 1.29 is 50.5 Å². The number of urea groups is 1. The highest BCUT2D eigenvalue weighted by molar-refractivity contribution is 6.07. The molecular weight excluding hydrogens is 582 g/mol. The second-order valence-electron chi connectivity index (χ2n) is 11.1. The minimum absolute atomic E-state index is 0.0254. The van der Waals surface area contributed by atoms with Gasteiger partial charge in [0.25, 0.3) is 11.5 Å². The lowest BCUT2D eigenvalue weighted by atomic mass is 9.90. The zero-order valence-electron chi connectivity index (χ0n) is 24.4. The molecule has 2 aromatic rings. The van der Waals surface area contributed by atoms with E-state index in [1.54, 1.807) is 38.1 Å². The van der Waals surface area contributed by atoms with E-state index in [0.29, 0.717) is 55.2 Å². The summed E-state index contributed by atoms with van der Waals surface area (Å²) in [5, 5.41) is 12.5. The van der Waals surface area contributed by atoms with Gasteiger partial charge in [-0.2, -0.15) is 26.3 Å². The maximum absolute atomic E-state index is 13.3. The molecular formula is C30H36F6N2O5. The molecule has 2 aromatic carbocycles. The van der Waals surface area contributed by atoms with E-state index in [1.165, 1.54) is 0 Å². The summed E-state index contributed by atoms with van der Waals surface area (Å²) in [7, 11) is 0. The lowest BCUT2D eigenvalue weighted by Crippen LogP contribution is -2.53. The zero-order chi connectivity index (χ0) is 32.2. The van der Waals surface area contributed by atoms with Crippen LogP contribution >= 0.6 is 0 Å². The number of nitrogens with one attached hydrogen (secondary N) is 1. The lowest BCUT2D eigenvalue weighted by Gasteiger charge is -2.33. The van der Waals surface area contributed by atoms with Crippen molar-refractivity contribution in [3.05, 3.63) is 59.2 Å². The molecule has 1 aliphatic heterocycles. The molecule has 0 bridgehead atoms. The highest BCUT2D eigenvalue weighted by Gasteiger charge is 2.71. The highest BCUT2D eigenvalue weighted by atomic mass is 19.4. The van der Waals surface area contributed by atoms with E-state index in [4.69, 9.17) is 9.47 Å². The Bertz CT molecular complexity index is 1270. The zero-order valence-corrected chi connectivity index (χ0v) is 24.4. The third-order valence-electron chi connectivity index (χ3n) is 7.14. The smallest absolute Gasteiger partial charge is 0.430 e. The predicted octanol–water partition coefficient (Wildman–Crippen LogP) is 6.61. The van der Waals surface area contributed by atoms with Crippen LogP contribution in [0.15, 0.2) is 42.5 Å². The van der Waals surface area contributed by atoms with E-state index in [9.17, 15) is 41.0 Å². The van der Waals surface area contributed by atoms with Crippen LogP contribution in [0, 0.1) is 5.92 Å². The molecule has 0 aliphatic carbocycles. The molecule has 43 heavy (non-hydrogen) atoms. The minimum atomic E-state index is -5.99. The fourth-order valence-corrected chi connectivity index (χ4v) is 4.70. The number of amides is 3. The van der Waals surface area contributed by atoms with Gasteiger partial charge in [-0.1, -0.05) is 45.4 Å². The summed E-state index contributed by atoms with van der Waals surface area (Å²) in [5.41, 5.74) is -6.97. The number of alkyl halides is 6. The second kappa shape index (κ2) is 13.0. The van der Waals surface area contributed by atoms with Gasteiger partial charge >= 0.3 is 18.4 Å². The standard InChI is InChI=1S/C30H36F6N2O5/c1-5-8-20-17-22(28(41,29(31,32)33)30(34,35)36)11-14-24(20)42-16-7-6-15-38-25(39)27(4,37-26(38)40)21-9-12-23(13-10-21)43-18-19(2)3/h9-14,17,19,41H,5-8,15-16,18H2,1-4H3,(H,37,40). The Morgan fingerprint density at radius 1 is 0.953 bits per heavy atom. The average Bonchev–Trinajstić information content (AvgIpc) is 3.14. The van der Waals surface area contributed by atoms with Gasteiger partial charge in [0.1, 0.15) is 17.0 Å². The van der Waals surface area contributed by atoms with Crippen LogP contribution in [0.1, 0.15) is 63.6 Å². The molecule has 3 amide bonds. The normalized spacial score (nSPS) is 17.9. The number of aryl methyl sites for hydroxylation is 1. The number of benzene rings is 2. The number of hydrogen-bond donors (Lipinski definition) is 2. The maximum Gasteiger partial charge on any atom is 0.430 e. The number of nitrogens with zero attached hydrogens (tertiary/aromatic N) is 1. The lowest BCUT2D eigenvalue weighted by molar-refractivity contribution is -0.376. The van der Waals surface area contributed by atoms with Gasteiger partial charge in [0.15, 0.2) is 0 Å². The van der Waals surface area contributed by atoms with Gasteiger partial charge in [-0.15, -0.1) is 0 Å². The van der Waals surface area contributed by atoms with E-state index in [1.807, 2.05) is 13.8 Å². The van der Waals surface area contributed by atoms with Crippen LogP contribution in [0.3, 0.4) is 0 Å². The number of rotatable bonds is 13. The highest BCUT2D eigenvalue weighted by Crippen LogP contribution is 2.50. The third-order valence-corrected chi connectivity index (χ3v) is 7.14. The molecule has 238 valence electrons.